The Labute approximate surface area is 140 Å². The molecule has 0 bridgehead atoms. The maximum absolute atomic E-state index is 12.6. The summed E-state index contributed by atoms with van der Waals surface area (Å²) in [5, 5.41) is 9.51. The van der Waals surface area contributed by atoms with Gasteiger partial charge in [0.25, 0.3) is 5.91 Å². The highest BCUT2D eigenvalue weighted by Gasteiger charge is 2.22. The first-order valence-electron chi connectivity index (χ1n) is 7.77. The van der Waals surface area contributed by atoms with Crippen LogP contribution in [0, 0.1) is 0 Å². The average Bonchev–Trinajstić information content (AvgIpc) is 3.07. The van der Waals surface area contributed by atoms with Crippen molar-refractivity contribution in [2.75, 3.05) is 12.4 Å². The second-order valence-corrected chi connectivity index (χ2v) is 6.67. The number of thiophene rings is 1. The summed E-state index contributed by atoms with van der Waals surface area (Å²) in [6.45, 7) is 2.83. The Hall–Kier alpha value is -2.17. The van der Waals surface area contributed by atoms with Gasteiger partial charge in [-0.2, -0.15) is 11.3 Å². The molecule has 0 aliphatic rings. The highest BCUT2D eigenvalue weighted by molar-refractivity contribution is 7.07. The van der Waals surface area contributed by atoms with E-state index >= 15 is 0 Å². The van der Waals surface area contributed by atoms with Gasteiger partial charge in [-0.05, 0) is 35.2 Å². The lowest BCUT2D eigenvalue weighted by atomic mass is 10.1. The molecule has 0 radical (unpaired) electrons. The fourth-order valence-electron chi connectivity index (χ4n) is 2.67. The summed E-state index contributed by atoms with van der Waals surface area (Å²) in [6.07, 6.45) is 0. The number of carbonyl (C=O) groups excluding carboxylic acids is 1. The molecule has 0 fully saturated rings. The van der Waals surface area contributed by atoms with Crippen LogP contribution in [0.15, 0.2) is 59.3 Å². The van der Waals surface area contributed by atoms with Crippen LogP contribution in [-0.2, 0) is 11.3 Å². The van der Waals surface area contributed by atoms with Gasteiger partial charge in [0.1, 0.15) is 6.54 Å². The van der Waals surface area contributed by atoms with Gasteiger partial charge < -0.3 is 10.2 Å². The van der Waals surface area contributed by atoms with Crippen LogP contribution < -0.4 is 10.2 Å². The number of carbonyl (C=O) groups is 1. The van der Waals surface area contributed by atoms with Crippen molar-refractivity contribution in [1.82, 2.24) is 0 Å². The van der Waals surface area contributed by atoms with E-state index in [0.717, 1.165) is 23.0 Å². The molecule has 2 atom stereocenters. The number of fused-ring (bicyclic) bond motifs is 1. The molecule has 23 heavy (non-hydrogen) atoms. The molecule has 1 heterocycles. The molecule has 3 aromatic rings. The summed E-state index contributed by atoms with van der Waals surface area (Å²) < 4.78 is 0. The van der Waals surface area contributed by atoms with Crippen molar-refractivity contribution >= 4 is 33.7 Å². The number of anilines is 1. The third kappa shape index (κ3) is 3.60. The van der Waals surface area contributed by atoms with E-state index in [1.807, 2.05) is 37.3 Å². The van der Waals surface area contributed by atoms with Crippen LogP contribution in [-0.4, -0.2) is 19.0 Å². The quantitative estimate of drug-likeness (QED) is 0.743. The molecular weight excluding hydrogens is 304 g/mol. The smallest absolute Gasteiger partial charge is 0.282 e. The number of rotatable bonds is 5. The molecule has 1 aromatic heterocycles. The summed E-state index contributed by atoms with van der Waals surface area (Å²) >= 11 is 1.69. The van der Waals surface area contributed by atoms with Gasteiger partial charge in [0, 0.05) is 16.6 Å². The molecule has 0 spiro atoms. The first-order valence-corrected chi connectivity index (χ1v) is 8.71. The molecule has 2 N–H and O–H groups in total. The van der Waals surface area contributed by atoms with Gasteiger partial charge in [-0.3, -0.25) is 4.79 Å². The van der Waals surface area contributed by atoms with Crippen molar-refractivity contribution in [3.05, 3.63) is 64.9 Å². The van der Waals surface area contributed by atoms with Crippen LogP contribution in [0.4, 0.5) is 5.69 Å². The Bertz CT molecular complexity index is 793. The minimum atomic E-state index is -0.117. The van der Waals surface area contributed by atoms with Crippen LogP contribution in [0.1, 0.15) is 12.5 Å². The van der Waals surface area contributed by atoms with E-state index < -0.39 is 0 Å². The third-order valence-corrected chi connectivity index (χ3v) is 4.98. The Morgan fingerprint density at radius 2 is 1.96 bits per heavy atom. The SMILES string of the molecule is C[C@H](C(=O)Nc1cccc2ccccc12)[NH+](C)Cc1ccsc1. The van der Waals surface area contributed by atoms with Crippen LogP contribution in [0.3, 0.4) is 0 Å². The summed E-state index contributed by atoms with van der Waals surface area (Å²) in [5.41, 5.74) is 2.15. The van der Waals surface area contributed by atoms with Gasteiger partial charge >= 0.3 is 0 Å². The average molecular weight is 325 g/mol. The van der Waals surface area contributed by atoms with Crippen molar-refractivity contribution in [3.8, 4) is 0 Å². The minimum absolute atomic E-state index is 0.0501. The molecule has 0 saturated carbocycles. The first kappa shape index (κ1) is 15.7. The fraction of sp³-hybridized carbons (Fsp3) is 0.211. The van der Waals surface area contributed by atoms with E-state index in [1.54, 1.807) is 11.3 Å². The zero-order valence-corrected chi connectivity index (χ0v) is 14.2. The Morgan fingerprint density at radius 1 is 1.17 bits per heavy atom. The van der Waals surface area contributed by atoms with Gasteiger partial charge in [-0.15, -0.1) is 0 Å². The number of amides is 1. The topological polar surface area (TPSA) is 33.5 Å². The molecule has 3 rings (SSSR count). The van der Waals surface area contributed by atoms with Crippen molar-refractivity contribution in [3.63, 3.8) is 0 Å². The lowest BCUT2D eigenvalue weighted by Gasteiger charge is -2.21. The van der Waals surface area contributed by atoms with Gasteiger partial charge in [0.05, 0.1) is 7.05 Å². The molecule has 3 nitrogen and oxygen atoms in total. The Morgan fingerprint density at radius 3 is 2.74 bits per heavy atom. The highest BCUT2D eigenvalue weighted by atomic mass is 32.1. The number of benzene rings is 2. The molecule has 118 valence electrons. The predicted octanol–water partition coefficient (Wildman–Crippen LogP) is 2.94. The minimum Gasteiger partial charge on any atom is -0.324 e. The van der Waals surface area contributed by atoms with Crippen LogP contribution >= 0.6 is 11.3 Å². The number of hydrogen-bond donors (Lipinski definition) is 2. The number of likely N-dealkylation sites (N-methyl/N-ethyl adjacent to an activating group) is 1. The van der Waals surface area contributed by atoms with Crippen molar-refractivity contribution in [1.29, 1.82) is 0 Å². The molecule has 1 unspecified atom stereocenters. The zero-order valence-electron chi connectivity index (χ0n) is 13.4. The highest BCUT2D eigenvalue weighted by Crippen LogP contribution is 2.22. The Kier molecular flexibility index (Phi) is 4.74. The second kappa shape index (κ2) is 6.94. The summed E-state index contributed by atoms with van der Waals surface area (Å²) in [5.74, 6) is 0.0501. The molecule has 4 heteroatoms. The maximum Gasteiger partial charge on any atom is 0.282 e. The van der Waals surface area contributed by atoms with Gasteiger partial charge in [0.15, 0.2) is 6.04 Å². The van der Waals surface area contributed by atoms with Crippen molar-refractivity contribution in [2.45, 2.75) is 19.5 Å². The van der Waals surface area contributed by atoms with Gasteiger partial charge in [-0.1, -0.05) is 36.4 Å². The standard InChI is InChI=1S/C19H20N2OS/c1-14(21(2)12-15-10-11-23-13-15)19(22)20-18-9-5-7-16-6-3-4-8-17(16)18/h3-11,13-14H,12H2,1-2H3,(H,20,22)/p+1/t14-/m1/s1. The van der Waals surface area contributed by atoms with Crippen LogP contribution in [0.2, 0.25) is 0 Å². The lowest BCUT2D eigenvalue weighted by molar-refractivity contribution is -0.907. The molecular formula is C19H21N2OS+. The molecule has 1 amide bonds. The van der Waals surface area contributed by atoms with Gasteiger partial charge in [-0.25, -0.2) is 0 Å². The van der Waals surface area contributed by atoms with E-state index in [2.05, 4.69) is 41.3 Å². The van der Waals surface area contributed by atoms with E-state index in [-0.39, 0.29) is 11.9 Å². The van der Waals surface area contributed by atoms with E-state index in [9.17, 15) is 4.79 Å². The largest absolute Gasteiger partial charge is 0.324 e. The summed E-state index contributed by atoms with van der Waals surface area (Å²) in [7, 11) is 2.06. The number of hydrogen-bond acceptors (Lipinski definition) is 2. The van der Waals surface area contributed by atoms with Crippen LogP contribution in [0.25, 0.3) is 10.8 Å². The monoisotopic (exact) mass is 325 g/mol. The maximum atomic E-state index is 12.6. The normalized spacial score (nSPS) is 13.7. The third-order valence-electron chi connectivity index (χ3n) is 4.24. The van der Waals surface area contributed by atoms with E-state index in [1.165, 1.54) is 10.5 Å². The lowest BCUT2D eigenvalue weighted by Crippen LogP contribution is -3.12. The molecule has 2 aromatic carbocycles. The molecule has 0 saturated heterocycles. The summed E-state index contributed by atoms with van der Waals surface area (Å²) in [4.78, 5) is 13.8. The Balaban J connectivity index is 1.72. The van der Waals surface area contributed by atoms with Crippen molar-refractivity contribution < 1.29 is 9.69 Å². The fourth-order valence-corrected chi connectivity index (χ4v) is 3.34. The second-order valence-electron chi connectivity index (χ2n) is 5.89. The number of nitrogens with one attached hydrogen (secondary N) is 2. The summed E-state index contributed by atoms with van der Waals surface area (Å²) in [6, 6.07) is 16.1. The number of quaternary nitrogens is 1. The van der Waals surface area contributed by atoms with Crippen molar-refractivity contribution in [2.24, 2.45) is 0 Å². The predicted molar refractivity (Wildman–Crippen MR) is 96.9 cm³/mol. The first-order chi connectivity index (χ1) is 11.1. The van der Waals surface area contributed by atoms with E-state index in [4.69, 9.17) is 0 Å². The van der Waals surface area contributed by atoms with E-state index in [0.29, 0.717) is 0 Å². The van der Waals surface area contributed by atoms with Gasteiger partial charge in [0.2, 0.25) is 0 Å². The molecule has 0 aliphatic carbocycles. The zero-order chi connectivity index (χ0) is 16.2. The molecule has 0 aliphatic heterocycles. The van der Waals surface area contributed by atoms with Crippen LogP contribution in [0.5, 0.6) is 0 Å².